The second-order valence-electron chi connectivity index (χ2n) is 3.52. The van der Waals surface area contributed by atoms with Crippen LogP contribution in [-0.4, -0.2) is 35.5 Å². The van der Waals surface area contributed by atoms with Crippen LogP contribution in [0.1, 0.15) is 20.3 Å². The average Bonchev–Trinajstić information content (AvgIpc) is 2.59. The van der Waals surface area contributed by atoms with Crippen molar-refractivity contribution in [3.63, 3.8) is 0 Å². The van der Waals surface area contributed by atoms with Gasteiger partial charge >= 0.3 is 5.97 Å². The summed E-state index contributed by atoms with van der Waals surface area (Å²) in [7, 11) is 0. The molecule has 1 aliphatic rings. The number of hydrogen-bond donors (Lipinski definition) is 2. The number of rotatable bonds is 4. The van der Waals surface area contributed by atoms with Crippen LogP contribution in [0.15, 0.2) is 22.8 Å². The Bertz CT molecular complexity index is 315. The third-order valence-electron chi connectivity index (χ3n) is 2.45. The van der Waals surface area contributed by atoms with Gasteiger partial charge in [0.2, 0.25) is 0 Å². The Labute approximate surface area is 88.9 Å². The third kappa shape index (κ3) is 2.67. The van der Waals surface area contributed by atoms with Gasteiger partial charge in [-0.1, -0.05) is 13.0 Å². The molecule has 0 saturated heterocycles. The minimum atomic E-state index is -0.520. The summed E-state index contributed by atoms with van der Waals surface area (Å²) in [6.07, 6.45) is 1.77. The highest BCUT2D eigenvalue weighted by molar-refractivity contribution is 5.93. The minimum absolute atomic E-state index is 0.188. The van der Waals surface area contributed by atoms with Crippen molar-refractivity contribution < 1.29 is 19.7 Å². The molecule has 0 saturated carbocycles. The summed E-state index contributed by atoms with van der Waals surface area (Å²) in [4.78, 5) is 11.1. The lowest BCUT2D eigenvalue weighted by atomic mass is 10.0. The Hall–Kier alpha value is -1.13. The summed E-state index contributed by atoms with van der Waals surface area (Å²) in [6.45, 7) is 3.53. The van der Waals surface area contributed by atoms with Gasteiger partial charge in [-0.15, -0.1) is 0 Å². The van der Waals surface area contributed by atoms with E-state index in [-0.39, 0.29) is 13.2 Å². The van der Waals surface area contributed by atoms with Gasteiger partial charge in [-0.3, -0.25) is 0 Å². The smallest absolute Gasteiger partial charge is 0.337 e. The summed E-state index contributed by atoms with van der Waals surface area (Å²) >= 11 is 0. The molecule has 1 rings (SSSR count). The van der Waals surface area contributed by atoms with Gasteiger partial charge in [0.15, 0.2) is 0 Å². The summed E-state index contributed by atoms with van der Waals surface area (Å²) in [5, 5.41) is 18.4. The average molecular weight is 212 g/mol. The molecule has 84 valence electrons. The number of esters is 1. The quantitative estimate of drug-likeness (QED) is 0.668. The Morgan fingerprint density at radius 2 is 2.33 bits per heavy atom. The molecule has 0 spiro atoms. The van der Waals surface area contributed by atoms with Gasteiger partial charge in [0.1, 0.15) is 6.61 Å². The van der Waals surface area contributed by atoms with Gasteiger partial charge in [-0.25, -0.2) is 4.79 Å². The van der Waals surface area contributed by atoms with Gasteiger partial charge in [-0.2, -0.15) is 0 Å². The van der Waals surface area contributed by atoms with E-state index in [9.17, 15) is 9.90 Å². The van der Waals surface area contributed by atoms with Gasteiger partial charge < -0.3 is 14.9 Å². The molecule has 15 heavy (non-hydrogen) atoms. The summed E-state index contributed by atoms with van der Waals surface area (Å²) in [5.74, 6) is -0.466. The van der Waals surface area contributed by atoms with Crippen molar-refractivity contribution in [2.24, 2.45) is 0 Å². The summed E-state index contributed by atoms with van der Waals surface area (Å²) in [5.41, 5.74) is 1.78. The Morgan fingerprint density at radius 1 is 1.67 bits per heavy atom. The molecule has 1 heterocycles. The van der Waals surface area contributed by atoms with E-state index in [0.717, 1.165) is 5.57 Å². The molecule has 0 radical (unpaired) electrons. The summed E-state index contributed by atoms with van der Waals surface area (Å²) < 4.78 is 4.81. The topological polar surface area (TPSA) is 66.8 Å². The number of aliphatic hydroxyl groups excluding tert-OH is 2. The Kier molecular flexibility index (Phi) is 4.05. The predicted octanol–water partition coefficient (Wildman–Crippen LogP) is 0.549. The van der Waals surface area contributed by atoms with Gasteiger partial charge in [0.05, 0.1) is 18.3 Å². The van der Waals surface area contributed by atoms with Crippen molar-refractivity contribution >= 4 is 5.97 Å². The molecule has 1 aliphatic heterocycles. The fourth-order valence-corrected chi connectivity index (χ4v) is 1.45. The maximum atomic E-state index is 11.1. The van der Waals surface area contributed by atoms with Crippen molar-refractivity contribution in [3.8, 4) is 0 Å². The van der Waals surface area contributed by atoms with Crippen molar-refractivity contribution in [1.29, 1.82) is 0 Å². The maximum absolute atomic E-state index is 11.1. The van der Waals surface area contributed by atoms with E-state index in [1.165, 1.54) is 0 Å². The normalized spacial score (nSPS) is 19.5. The lowest BCUT2D eigenvalue weighted by molar-refractivity contribution is -0.136. The van der Waals surface area contributed by atoms with Crippen LogP contribution >= 0.6 is 0 Å². The molecule has 0 amide bonds. The number of aliphatic hydroxyl groups is 2. The van der Waals surface area contributed by atoms with Crippen LogP contribution in [0.3, 0.4) is 0 Å². The molecule has 0 fully saturated rings. The highest BCUT2D eigenvalue weighted by Crippen LogP contribution is 2.22. The molecule has 4 nitrogen and oxygen atoms in total. The maximum Gasteiger partial charge on any atom is 0.337 e. The zero-order chi connectivity index (χ0) is 11.4. The van der Waals surface area contributed by atoms with E-state index in [1.54, 1.807) is 13.0 Å². The second-order valence-corrected chi connectivity index (χ2v) is 3.52. The number of cyclic esters (lactones) is 1. The molecule has 4 heteroatoms. The first kappa shape index (κ1) is 11.9. The number of ether oxygens (including phenoxy) is 1. The molecule has 1 atom stereocenters. The second kappa shape index (κ2) is 5.09. The van der Waals surface area contributed by atoms with Crippen molar-refractivity contribution in [2.45, 2.75) is 26.4 Å². The zero-order valence-electron chi connectivity index (χ0n) is 8.99. The van der Waals surface area contributed by atoms with Crippen molar-refractivity contribution in [2.75, 3.05) is 13.2 Å². The van der Waals surface area contributed by atoms with Gasteiger partial charge in [0, 0.05) is 5.57 Å². The van der Waals surface area contributed by atoms with Gasteiger partial charge in [0.25, 0.3) is 0 Å². The largest absolute Gasteiger partial charge is 0.457 e. The van der Waals surface area contributed by atoms with E-state index in [4.69, 9.17) is 9.84 Å². The molecular formula is C11H16O4. The molecule has 0 aromatic heterocycles. The van der Waals surface area contributed by atoms with Crippen LogP contribution in [0.2, 0.25) is 0 Å². The minimum Gasteiger partial charge on any atom is -0.457 e. The van der Waals surface area contributed by atoms with Crippen LogP contribution in [0.4, 0.5) is 0 Å². The molecule has 0 aliphatic carbocycles. The Balaban J connectivity index is 2.92. The van der Waals surface area contributed by atoms with E-state index in [0.29, 0.717) is 17.6 Å². The number of carbonyl (C=O) groups excluding carboxylic acids is 1. The molecule has 0 aromatic carbocycles. The predicted molar refractivity (Wildman–Crippen MR) is 55.1 cm³/mol. The third-order valence-corrected chi connectivity index (χ3v) is 2.45. The van der Waals surface area contributed by atoms with Crippen molar-refractivity contribution in [1.82, 2.24) is 0 Å². The van der Waals surface area contributed by atoms with E-state index in [2.05, 4.69) is 0 Å². The molecule has 0 bridgehead atoms. The van der Waals surface area contributed by atoms with E-state index < -0.39 is 12.1 Å². The Morgan fingerprint density at radius 3 is 2.87 bits per heavy atom. The molecular weight excluding hydrogens is 196 g/mol. The van der Waals surface area contributed by atoms with Crippen LogP contribution < -0.4 is 0 Å². The first-order valence-electron chi connectivity index (χ1n) is 4.97. The van der Waals surface area contributed by atoms with E-state index in [1.807, 2.05) is 6.92 Å². The monoisotopic (exact) mass is 212 g/mol. The standard InChI is InChI=1S/C11H16O4/c1-3-8(13)4-7(2)10-6-15-11(14)9(10)5-12/h4,8,12-13H,3,5-6H2,1-2H3/b7-4+/t8-/m1/s1. The molecule has 0 aromatic rings. The molecule has 2 N–H and O–H groups in total. The molecule has 0 unspecified atom stereocenters. The first-order valence-corrected chi connectivity index (χ1v) is 4.97. The van der Waals surface area contributed by atoms with Crippen LogP contribution in [0.5, 0.6) is 0 Å². The highest BCUT2D eigenvalue weighted by atomic mass is 16.5. The zero-order valence-corrected chi connectivity index (χ0v) is 8.99. The van der Waals surface area contributed by atoms with Gasteiger partial charge in [-0.05, 0) is 18.9 Å². The number of hydrogen-bond acceptors (Lipinski definition) is 4. The SMILES string of the molecule is CC[C@@H](O)/C=C(\C)C1=C(CO)C(=O)OC1. The highest BCUT2D eigenvalue weighted by Gasteiger charge is 2.24. The van der Waals surface area contributed by atoms with E-state index >= 15 is 0 Å². The fourth-order valence-electron chi connectivity index (χ4n) is 1.45. The lowest BCUT2D eigenvalue weighted by Crippen LogP contribution is -2.04. The fraction of sp³-hybridized carbons (Fsp3) is 0.545. The first-order chi connectivity index (χ1) is 7.10. The lowest BCUT2D eigenvalue weighted by Gasteiger charge is -2.06. The number of carbonyl (C=O) groups is 1. The van der Waals surface area contributed by atoms with Crippen LogP contribution in [0, 0.1) is 0 Å². The van der Waals surface area contributed by atoms with Crippen LogP contribution in [0.25, 0.3) is 0 Å². The van der Waals surface area contributed by atoms with Crippen molar-refractivity contribution in [3.05, 3.63) is 22.8 Å². The summed E-state index contributed by atoms with van der Waals surface area (Å²) in [6, 6.07) is 0. The van der Waals surface area contributed by atoms with Crippen LogP contribution in [-0.2, 0) is 9.53 Å².